The average Bonchev–Trinajstić information content (AvgIpc) is 2.30. The Labute approximate surface area is 113 Å². The highest BCUT2D eigenvalue weighted by molar-refractivity contribution is 5.41. The molecule has 1 rings (SSSR count). The smallest absolute Gasteiger partial charge is 0.239 e. The van der Waals surface area contributed by atoms with Gasteiger partial charge in [0.15, 0.2) is 11.6 Å². The zero-order chi connectivity index (χ0) is 14.4. The standard InChI is InChI=1S/C12H23FN6/c1-8(2)5-9(7-19(3)4)16-11-10(13)6-15-12(17-11)18-14/h6,8-9H,5,7,14H2,1-4H3,(H2,15,16,17,18). The second kappa shape index (κ2) is 7.20. The average molecular weight is 270 g/mol. The number of hydrazine groups is 1. The van der Waals surface area contributed by atoms with E-state index in [0.717, 1.165) is 19.2 Å². The molecule has 1 atom stereocenters. The first kappa shape index (κ1) is 15.6. The molecule has 108 valence electrons. The zero-order valence-corrected chi connectivity index (χ0v) is 11.9. The van der Waals surface area contributed by atoms with Crippen molar-refractivity contribution in [3.63, 3.8) is 0 Å². The van der Waals surface area contributed by atoms with Crippen molar-refractivity contribution in [2.24, 2.45) is 11.8 Å². The summed E-state index contributed by atoms with van der Waals surface area (Å²) < 4.78 is 13.7. The summed E-state index contributed by atoms with van der Waals surface area (Å²) in [5.41, 5.74) is 2.31. The summed E-state index contributed by atoms with van der Waals surface area (Å²) >= 11 is 0. The Morgan fingerprint density at radius 3 is 2.63 bits per heavy atom. The summed E-state index contributed by atoms with van der Waals surface area (Å²) in [5, 5.41) is 3.12. The number of hydrogen-bond acceptors (Lipinski definition) is 6. The molecule has 0 amide bonds. The normalized spacial score (nSPS) is 12.8. The molecule has 0 radical (unpaired) electrons. The van der Waals surface area contributed by atoms with Crippen LogP contribution in [0.2, 0.25) is 0 Å². The zero-order valence-electron chi connectivity index (χ0n) is 11.9. The lowest BCUT2D eigenvalue weighted by Gasteiger charge is -2.24. The summed E-state index contributed by atoms with van der Waals surface area (Å²) in [6.45, 7) is 5.06. The lowest BCUT2D eigenvalue weighted by molar-refractivity contribution is 0.355. The maximum Gasteiger partial charge on any atom is 0.239 e. The van der Waals surface area contributed by atoms with Gasteiger partial charge in [0.1, 0.15) is 0 Å². The molecule has 6 nitrogen and oxygen atoms in total. The Morgan fingerprint density at radius 2 is 2.11 bits per heavy atom. The van der Waals surface area contributed by atoms with Gasteiger partial charge in [-0.15, -0.1) is 0 Å². The van der Waals surface area contributed by atoms with Crippen molar-refractivity contribution >= 4 is 11.8 Å². The van der Waals surface area contributed by atoms with E-state index >= 15 is 0 Å². The molecule has 1 unspecified atom stereocenters. The van der Waals surface area contributed by atoms with Gasteiger partial charge in [0.2, 0.25) is 5.95 Å². The maximum absolute atomic E-state index is 13.7. The van der Waals surface area contributed by atoms with Crippen LogP contribution in [0.1, 0.15) is 20.3 Å². The van der Waals surface area contributed by atoms with Gasteiger partial charge >= 0.3 is 0 Å². The van der Waals surface area contributed by atoms with Gasteiger partial charge in [-0.05, 0) is 26.4 Å². The van der Waals surface area contributed by atoms with Gasteiger partial charge in [-0.1, -0.05) is 13.8 Å². The molecule has 4 N–H and O–H groups in total. The molecule has 1 heterocycles. The van der Waals surface area contributed by atoms with E-state index in [1.807, 2.05) is 14.1 Å². The first-order chi connectivity index (χ1) is 8.92. The molecule has 19 heavy (non-hydrogen) atoms. The number of nitrogens with two attached hydrogens (primary N) is 1. The Balaban J connectivity index is 2.82. The summed E-state index contributed by atoms with van der Waals surface area (Å²) in [7, 11) is 3.97. The van der Waals surface area contributed by atoms with E-state index in [1.165, 1.54) is 0 Å². The fraction of sp³-hybridized carbons (Fsp3) is 0.667. The summed E-state index contributed by atoms with van der Waals surface area (Å²) in [5.74, 6) is 5.62. The molecule has 0 aliphatic carbocycles. The summed E-state index contributed by atoms with van der Waals surface area (Å²) in [6.07, 6.45) is 2.03. The van der Waals surface area contributed by atoms with E-state index in [9.17, 15) is 4.39 Å². The van der Waals surface area contributed by atoms with Crippen LogP contribution in [0.15, 0.2) is 6.20 Å². The van der Waals surface area contributed by atoms with E-state index < -0.39 is 5.82 Å². The fourth-order valence-corrected chi connectivity index (χ4v) is 1.92. The molecule has 0 aliphatic heterocycles. The van der Waals surface area contributed by atoms with Gasteiger partial charge in [-0.3, -0.25) is 5.43 Å². The second-order valence-corrected chi connectivity index (χ2v) is 5.27. The molecule has 0 aliphatic rings. The Kier molecular flexibility index (Phi) is 5.91. The van der Waals surface area contributed by atoms with Crippen molar-refractivity contribution < 1.29 is 4.39 Å². The monoisotopic (exact) mass is 270 g/mol. The number of nitrogens with one attached hydrogen (secondary N) is 2. The van der Waals surface area contributed by atoms with Crippen molar-refractivity contribution in [3.8, 4) is 0 Å². The minimum Gasteiger partial charge on any atom is -0.363 e. The van der Waals surface area contributed by atoms with E-state index in [4.69, 9.17) is 5.84 Å². The Morgan fingerprint density at radius 1 is 1.42 bits per heavy atom. The molecule has 0 spiro atoms. The third-order valence-corrected chi connectivity index (χ3v) is 2.56. The molecular weight excluding hydrogens is 247 g/mol. The number of likely N-dealkylation sites (N-methyl/N-ethyl adjacent to an activating group) is 1. The number of hydrogen-bond donors (Lipinski definition) is 3. The van der Waals surface area contributed by atoms with Crippen LogP contribution in [0.4, 0.5) is 16.2 Å². The number of rotatable bonds is 7. The van der Waals surface area contributed by atoms with Gasteiger partial charge < -0.3 is 10.2 Å². The molecular formula is C12H23FN6. The van der Waals surface area contributed by atoms with Crippen molar-refractivity contribution in [1.29, 1.82) is 0 Å². The van der Waals surface area contributed by atoms with Crippen molar-refractivity contribution in [2.45, 2.75) is 26.3 Å². The maximum atomic E-state index is 13.7. The predicted molar refractivity (Wildman–Crippen MR) is 75.2 cm³/mol. The van der Waals surface area contributed by atoms with Crippen LogP contribution < -0.4 is 16.6 Å². The Hall–Kier alpha value is -1.47. The fourth-order valence-electron chi connectivity index (χ4n) is 1.92. The van der Waals surface area contributed by atoms with Gasteiger partial charge in [-0.2, -0.15) is 4.98 Å². The van der Waals surface area contributed by atoms with Crippen LogP contribution in [-0.2, 0) is 0 Å². The highest BCUT2D eigenvalue weighted by Gasteiger charge is 2.15. The second-order valence-electron chi connectivity index (χ2n) is 5.27. The highest BCUT2D eigenvalue weighted by atomic mass is 19.1. The first-order valence-electron chi connectivity index (χ1n) is 6.32. The molecule has 0 aromatic carbocycles. The molecule has 7 heteroatoms. The minimum absolute atomic E-state index is 0.116. The van der Waals surface area contributed by atoms with E-state index in [1.54, 1.807) is 0 Å². The van der Waals surface area contributed by atoms with Crippen molar-refractivity contribution in [3.05, 3.63) is 12.0 Å². The molecule has 0 saturated carbocycles. The van der Waals surface area contributed by atoms with Gasteiger partial charge in [-0.25, -0.2) is 15.2 Å². The van der Waals surface area contributed by atoms with Crippen LogP contribution in [0, 0.1) is 11.7 Å². The van der Waals surface area contributed by atoms with Crippen LogP contribution in [0.25, 0.3) is 0 Å². The molecule has 0 fully saturated rings. The summed E-state index contributed by atoms with van der Waals surface area (Å²) in [4.78, 5) is 9.76. The number of nitrogen functional groups attached to an aromatic ring is 1. The highest BCUT2D eigenvalue weighted by Crippen LogP contribution is 2.16. The van der Waals surface area contributed by atoms with Crippen LogP contribution in [0.5, 0.6) is 0 Å². The third kappa shape index (κ3) is 5.35. The van der Waals surface area contributed by atoms with Crippen molar-refractivity contribution in [1.82, 2.24) is 14.9 Å². The number of nitrogens with zero attached hydrogens (tertiary/aromatic N) is 3. The van der Waals surface area contributed by atoms with E-state index in [2.05, 4.69) is 39.5 Å². The molecule has 0 saturated heterocycles. The largest absolute Gasteiger partial charge is 0.363 e. The molecule has 1 aromatic heterocycles. The SMILES string of the molecule is CC(C)CC(CN(C)C)Nc1nc(NN)ncc1F. The predicted octanol–water partition coefficient (Wildman–Crippen LogP) is 1.29. The van der Waals surface area contributed by atoms with Crippen molar-refractivity contribution in [2.75, 3.05) is 31.4 Å². The Bertz CT molecular complexity index is 386. The molecule has 0 bridgehead atoms. The van der Waals surface area contributed by atoms with Gasteiger partial charge in [0, 0.05) is 12.6 Å². The minimum atomic E-state index is -0.480. The third-order valence-electron chi connectivity index (χ3n) is 2.56. The lowest BCUT2D eigenvalue weighted by atomic mass is 10.0. The van der Waals surface area contributed by atoms with Crippen LogP contribution in [0.3, 0.4) is 0 Å². The topological polar surface area (TPSA) is 79.1 Å². The number of aromatic nitrogens is 2. The number of halogens is 1. The van der Waals surface area contributed by atoms with E-state index in [0.29, 0.717) is 5.92 Å². The van der Waals surface area contributed by atoms with Gasteiger partial charge in [0.05, 0.1) is 6.20 Å². The lowest BCUT2D eigenvalue weighted by Crippen LogP contribution is -2.34. The van der Waals surface area contributed by atoms with E-state index in [-0.39, 0.29) is 17.8 Å². The van der Waals surface area contributed by atoms with Gasteiger partial charge in [0.25, 0.3) is 0 Å². The first-order valence-corrected chi connectivity index (χ1v) is 6.32. The quantitative estimate of drug-likeness (QED) is 0.512. The summed E-state index contributed by atoms with van der Waals surface area (Å²) in [6, 6.07) is 0.116. The number of anilines is 2. The van der Waals surface area contributed by atoms with Crippen LogP contribution >= 0.6 is 0 Å². The molecule has 1 aromatic rings. The van der Waals surface area contributed by atoms with Crippen LogP contribution in [-0.4, -0.2) is 41.5 Å².